The Kier molecular flexibility index (Phi) is 2.44. The van der Waals surface area contributed by atoms with E-state index in [0.717, 1.165) is 6.42 Å². The van der Waals surface area contributed by atoms with E-state index in [2.05, 4.69) is 0 Å². The Balaban J connectivity index is 2.11. The minimum atomic E-state index is -0.740. The van der Waals surface area contributed by atoms with Crippen molar-refractivity contribution < 1.29 is 19.4 Å². The number of carbonyl (C=O) groups is 2. The number of hydrogen-bond acceptors (Lipinski definition) is 3. The van der Waals surface area contributed by atoms with Gasteiger partial charge in [0.25, 0.3) is 0 Å². The number of aliphatic carboxylic acids is 1. The third kappa shape index (κ3) is 1.73. The van der Waals surface area contributed by atoms with E-state index in [9.17, 15) is 9.59 Å². The van der Waals surface area contributed by atoms with Gasteiger partial charge in [0.2, 0.25) is 0 Å². The van der Waals surface area contributed by atoms with E-state index in [4.69, 9.17) is 9.84 Å². The van der Waals surface area contributed by atoms with Crippen molar-refractivity contribution in [1.82, 2.24) is 0 Å². The van der Waals surface area contributed by atoms with Crippen LogP contribution in [0.5, 0.6) is 0 Å². The smallest absolute Gasteiger partial charge is 0.309 e. The molecule has 3 unspecified atom stereocenters. The summed E-state index contributed by atoms with van der Waals surface area (Å²) in [5, 5.41) is 9.14. The van der Waals surface area contributed by atoms with E-state index in [0.29, 0.717) is 25.9 Å². The highest BCUT2D eigenvalue weighted by molar-refractivity contribution is 5.76. The fraction of sp³-hybridized carbons (Fsp3) is 0.818. The number of rotatable bonds is 1. The number of hydrogen-bond donors (Lipinski definition) is 1. The Morgan fingerprint density at radius 1 is 1.47 bits per heavy atom. The summed E-state index contributed by atoms with van der Waals surface area (Å²) in [4.78, 5) is 22.5. The molecule has 84 valence electrons. The summed E-state index contributed by atoms with van der Waals surface area (Å²) in [7, 11) is 0. The second kappa shape index (κ2) is 3.51. The second-order valence-electron chi connectivity index (χ2n) is 4.94. The highest BCUT2D eigenvalue weighted by Gasteiger charge is 2.44. The first-order valence-electron chi connectivity index (χ1n) is 5.43. The van der Waals surface area contributed by atoms with E-state index < -0.39 is 11.4 Å². The van der Waals surface area contributed by atoms with Gasteiger partial charge in [0.1, 0.15) is 0 Å². The molecular weight excluding hydrogens is 196 g/mol. The van der Waals surface area contributed by atoms with E-state index in [-0.39, 0.29) is 17.8 Å². The molecule has 4 nitrogen and oxygen atoms in total. The van der Waals surface area contributed by atoms with E-state index in [1.54, 1.807) is 6.92 Å². The van der Waals surface area contributed by atoms with Gasteiger partial charge in [-0.2, -0.15) is 0 Å². The van der Waals surface area contributed by atoms with E-state index >= 15 is 0 Å². The van der Waals surface area contributed by atoms with Crippen molar-refractivity contribution in [3.05, 3.63) is 0 Å². The first-order chi connectivity index (χ1) is 7.03. The minimum absolute atomic E-state index is 0.0498. The monoisotopic (exact) mass is 212 g/mol. The molecule has 1 aliphatic carbocycles. The lowest BCUT2D eigenvalue weighted by Crippen LogP contribution is -2.27. The summed E-state index contributed by atoms with van der Waals surface area (Å²) >= 11 is 0. The Morgan fingerprint density at radius 2 is 2.13 bits per heavy atom. The van der Waals surface area contributed by atoms with Gasteiger partial charge in [0.15, 0.2) is 0 Å². The van der Waals surface area contributed by atoms with Crippen LogP contribution in [0.3, 0.4) is 0 Å². The lowest BCUT2D eigenvalue weighted by atomic mass is 9.82. The second-order valence-corrected chi connectivity index (χ2v) is 4.94. The summed E-state index contributed by atoms with van der Waals surface area (Å²) in [5.41, 5.74) is -0.648. The highest BCUT2D eigenvalue weighted by atomic mass is 16.5. The Bertz CT molecular complexity index is 297. The van der Waals surface area contributed by atoms with Crippen molar-refractivity contribution in [1.29, 1.82) is 0 Å². The normalized spacial score (nSPS) is 40.5. The number of carboxylic acids is 1. The predicted octanol–water partition coefficient (Wildman–Crippen LogP) is 1.44. The van der Waals surface area contributed by atoms with Gasteiger partial charge in [-0.1, -0.05) is 0 Å². The number of cyclic esters (lactones) is 1. The molecular formula is C11H16O4. The van der Waals surface area contributed by atoms with Crippen LogP contribution in [0.25, 0.3) is 0 Å². The zero-order chi connectivity index (χ0) is 11.1. The maximum atomic E-state index is 11.4. The minimum Gasteiger partial charge on any atom is -0.481 e. The van der Waals surface area contributed by atoms with Crippen molar-refractivity contribution in [3.63, 3.8) is 0 Å². The summed E-state index contributed by atoms with van der Waals surface area (Å²) in [6.45, 7) is 2.26. The number of esters is 1. The van der Waals surface area contributed by atoms with Crippen LogP contribution in [-0.4, -0.2) is 23.7 Å². The van der Waals surface area contributed by atoms with Crippen molar-refractivity contribution >= 4 is 11.9 Å². The van der Waals surface area contributed by atoms with Crippen LogP contribution in [0.2, 0.25) is 0 Å². The van der Waals surface area contributed by atoms with Crippen LogP contribution in [0.4, 0.5) is 0 Å². The molecule has 0 spiro atoms. The molecule has 1 aliphatic heterocycles. The lowest BCUT2D eigenvalue weighted by Gasteiger charge is -2.22. The molecule has 0 amide bonds. The third-order valence-electron chi connectivity index (χ3n) is 3.90. The Hall–Kier alpha value is -1.06. The van der Waals surface area contributed by atoms with Gasteiger partial charge in [0.05, 0.1) is 17.9 Å². The maximum absolute atomic E-state index is 11.4. The number of fused-ring (bicyclic) bond motifs is 1. The summed E-state index contributed by atoms with van der Waals surface area (Å²) in [6.07, 6.45) is 2.68. The van der Waals surface area contributed by atoms with Crippen LogP contribution in [-0.2, 0) is 14.3 Å². The SMILES string of the molecule is CC1(C(=O)O)CCC2COC(=O)C2CC1. The standard InChI is InChI=1S/C11H16O4/c1-11(10(13)14)4-2-7-6-15-9(12)8(7)3-5-11/h7-8H,2-6H2,1H3,(H,13,14). The number of ether oxygens (including phenoxy) is 1. The Labute approximate surface area is 88.6 Å². The third-order valence-corrected chi connectivity index (χ3v) is 3.90. The average molecular weight is 212 g/mol. The van der Waals surface area contributed by atoms with Gasteiger partial charge in [-0.15, -0.1) is 0 Å². The first-order valence-corrected chi connectivity index (χ1v) is 5.43. The molecule has 0 aromatic heterocycles. The first kappa shape index (κ1) is 10.5. The molecule has 0 radical (unpaired) electrons. The zero-order valence-electron chi connectivity index (χ0n) is 8.86. The van der Waals surface area contributed by atoms with Crippen LogP contribution < -0.4 is 0 Å². The summed E-state index contributed by atoms with van der Waals surface area (Å²) < 4.78 is 5.00. The number of carbonyl (C=O) groups excluding carboxylic acids is 1. The molecule has 0 aromatic rings. The molecule has 2 rings (SSSR count). The molecule has 3 atom stereocenters. The van der Waals surface area contributed by atoms with Crippen LogP contribution in [0, 0.1) is 17.3 Å². The molecule has 2 fully saturated rings. The summed E-state index contributed by atoms with van der Waals surface area (Å²) in [5.74, 6) is -0.671. The molecule has 1 heterocycles. The van der Waals surface area contributed by atoms with Crippen LogP contribution in [0.15, 0.2) is 0 Å². The van der Waals surface area contributed by atoms with E-state index in [1.165, 1.54) is 0 Å². The molecule has 4 heteroatoms. The predicted molar refractivity (Wildman–Crippen MR) is 52.1 cm³/mol. The fourth-order valence-electron chi connectivity index (χ4n) is 2.56. The van der Waals surface area contributed by atoms with Gasteiger partial charge >= 0.3 is 11.9 Å². The van der Waals surface area contributed by atoms with Gasteiger partial charge in [-0.3, -0.25) is 9.59 Å². The van der Waals surface area contributed by atoms with Crippen LogP contribution >= 0.6 is 0 Å². The fourth-order valence-corrected chi connectivity index (χ4v) is 2.56. The van der Waals surface area contributed by atoms with E-state index in [1.807, 2.05) is 0 Å². The molecule has 15 heavy (non-hydrogen) atoms. The Morgan fingerprint density at radius 3 is 2.80 bits per heavy atom. The van der Waals surface area contributed by atoms with Crippen LogP contribution in [0.1, 0.15) is 32.6 Å². The largest absolute Gasteiger partial charge is 0.481 e. The molecule has 1 saturated carbocycles. The lowest BCUT2D eigenvalue weighted by molar-refractivity contribution is -0.149. The molecule has 1 N–H and O–H groups in total. The van der Waals surface area contributed by atoms with Gasteiger partial charge in [0, 0.05) is 5.92 Å². The quantitative estimate of drug-likeness (QED) is 0.668. The van der Waals surface area contributed by atoms with Crippen molar-refractivity contribution in [2.24, 2.45) is 17.3 Å². The highest BCUT2D eigenvalue weighted by Crippen LogP contribution is 2.42. The summed E-state index contributed by atoms with van der Waals surface area (Å²) in [6, 6.07) is 0. The molecule has 1 saturated heterocycles. The van der Waals surface area contributed by atoms with Gasteiger partial charge in [-0.05, 0) is 32.6 Å². The molecule has 0 aromatic carbocycles. The molecule has 2 aliphatic rings. The van der Waals surface area contributed by atoms with Crippen molar-refractivity contribution in [2.75, 3.05) is 6.61 Å². The zero-order valence-corrected chi connectivity index (χ0v) is 8.86. The average Bonchev–Trinajstić information content (AvgIpc) is 2.42. The van der Waals surface area contributed by atoms with Crippen molar-refractivity contribution in [2.45, 2.75) is 32.6 Å². The van der Waals surface area contributed by atoms with Gasteiger partial charge in [-0.25, -0.2) is 0 Å². The van der Waals surface area contributed by atoms with Gasteiger partial charge < -0.3 is 9.84 Å². The number of carboxylic acid groups (broad SMARTS) is 1. The van der Waals surface area contributed by atoms with Crippen molar-refractivity contribution in [3.8, 4) is 0 Å². The topological polar surface area (TPSA) is 63.6 Å². The maximum Gasteiger partial charge on any atom is 0.309 e. The molecule has 0 bridgehead atoms.